The van der Waals surface area contributed by atoms with Crippen molar-refractivity contribution in [3.05, 3.63) is 65.2 Å². The molecule has 0 saturated carbocycles. The minimum absolute atomic E-state index is 0.158. The van der Waals surface area contributed by atoms with E-state index >= 15 is 0 Å². The summed E-state index contributed by atoms with van der Waals surface area (Å²) in [7, 11) is 0. The first-order valence-corrected chi connectivity index (χ1v) is 10.1. The normalized spacial score (nSPS) is 14.9. The molecule has 1 amide bonds. The van der Waals surface area contributed by atoms with Crippen molar-refractivity contribution in [2.75, 3.05) is 44.2 Å². The Morgan fingerprint density at radius 1 is 0.963 bits per heavy atom. The molecule has 27 heavy (non-hydrogen) atoms. The van der Waals surface area contributed by atoms with E-state index in [1.54, 1.807) is 0 Å². The number of nitrogens with zero attached hydrogens (tertiary/aromatic N) is 2. The first kappa shape index (κ1) is 19.7. The number of nitrogens with one attached hydrogen (secondary N) is 1. The predicted octanol–water partition coefficient (Wildman–Crippen LogP) is 3.60. The number of carbonyl (C=O) groups is 1. The van der Waals surface area contributed by atoms with Crippen molar-refractivity contribution in [1.82, 2.24) is 10.2 Å². The summed E-state index contributed by atoms with van der Waals surface area (Å²) >= 11 is 5.96. The lowest BCUT2D eigenvalue weighted by Crippen LogP contribution is -2.48. The lowest BCUT2D eigenvalue weighted by molar-refractivity contribution is -0.121. The zero-order chi connectivity index (χ0) is 18.9. The lowest BCUT2D eigenvalue weighted by atomic mass is 10.1. The summed E-state index contributed by atoms with van der Waals surface area (Å²) in [5.41, 5.74) is 2.52. The zero-order valence-corrected chi connectivity index (χ0v) is 16.5. The quantitative estimate of drug-likeness (QED) is 0.754. The Morgan fingerprint density at radius 2 is 1.67 bits per heavy atom. The highest BCUT2D eigenvalue weighted by atomic mass is 35.5. The maximum absolute atomic E-state index is 12.0. The van der Waals surface area contributed by atoms with Gasteiger partial charge in [-0.2, -0.15) is 0 Å². The van der Waals surface area contributed by atoms with Crippen LogP contribution in [0.3, 0.4) is 0 Å². The number of benzene rings is 2. The van der Waals surface area contributed by atoms with Crippen molar-refractivity contribution in [3.8, 4) is 0 Å². The van der Waals surface area contributed by atoms with Gasteiger partial charge in [-0.15, -0.1) is 0 Å². The summed E-state index contributed by atoms with van der Waals surface area (Å²) in [6.45, 7) is 5.70. The highest BCUT2D eigenvalue weighted by Gasteiger charge is 2.16. The van der Waals surface area contributed by atoms with Gasteiger partial charge in [0.15, 0.2) is 0 Å². The van der Waals surface area contributed by atoms with Crippen LogP contribution in [0.1, 0.15) is 18.4 Å². The number of amides is 1. The van der Waals surface area contributed by atoms with E-state index in [1.807, 2.05) is 30.3 Å². The molecule has 1 saturated heterocycles. The molecular weight excluding hydrogens is 358 g/mol. The van der Waals surface area contributed by atoms with Crippen LogP contribution < -0.4 is 10.2 Å². The molecule has 0 spiro atoms. The third kappa shape index (κ3) is 6.56. The monoisotopic (exact) mass is 385 g/mol. The smallest absolute Gasteiger partial charge is 0.220 e. The molecule has 1 fully saturated rings. The van der Waals surface area contributed by atoms with E-state index in [1.165, 1.54) is 11.3 Å². The van der Waals surface area contributed by atoms with Crippen LogP contribution in [0.4, 0.5) is 5.69 Å². The number of carbonyl (C=O) groups excluding carboxylic acids is 1. The number of hydrogen-bond acceptors (Lipinski definition) is 3. The minimum Gasteiger partial charge on any atom is -0.369 e. The van der Waals surface area contributed by atoms with E-state index in [0.29, 0.717) is 6.42 Å². The number of anilines is 1. The third-order valence-electron chi connectivity index (χ3n) is 5.03. The predicted molar refractivity (Wildman–Crippen MR) is 112 cm³/mol. The van der Waals surface area contributed by atoms with Gasteiger partial charge in [-0.25, -0.2) is 0 Å². The molecule has 0 radical (unpaired) electrons. The second-order valence-electron chi connectivity index (χ2n) is 6.99. The van der Waals surface area contributed by atoms with Crippen LogP contribution in [0.25, 0.3) is 0 Å². The van der Waals surface area contributed by atoms with Gasteiger partial charge in [-0.1, -0.05) is 41.9 Å². The minimum atomic E-state index is 0.158. The Kier molecular flexibility index (Phi) is 7.55. The molecule has 0 atom stereocenters. The van der Waals surface area contributed by atoms with E-state index in [-0.39, 0.29) is 5.91 Å². The Morgan fingerprint density at radius 3 is 2.37 bits per heavy atom. The molecule has 144 valence electrons. The van der Waals surface area contributed by atoms with Gasteiger partial charge in [0.05, 0.1) is 0 Å². The average Bonchev–Trinajstić information content (AvgIpc) is 2.70. The first-order chi connectivity index (χ1) is 13.2. The van der Waals surface area contributed by atoms with Crippen LogP contribution in [-0.4, -0.2) is 50.1 Å². The van der Waals surface area contributed by atoms with Gasteiger partial charge >= 0.3 is 0 Å². The first-order valence-electron chi connectivity index (χ1n) is 9.74. The zero-order valence-electron chi connectivity index (χ0n) is 15.7. The molecule has 4 nitrogen and oxygen atoms in total. The number of halogens is 1. The molecule has 1 heterocycles. The van der Waals surface area contributed by atoms with Gasteiger partial charge in [0.2, 0.25) is 5.91 Å². The van der Waals surface area contributed by atoms with E-state index in [2.05, 4.69) is 39.4 Å². The molecule has 2 aromatic carbocycles. The maximum Gasteiger partial charge on any atom is 0.220 e. The second-order valence-corrected chi connectivity index (χ2v) is 7.43. The summed E-state index contributed by atoms with van der Waals surface area (Å²) in [6, 6.07) is 18.4. The molecule has 1 aliphatic rings. The Balaban J connectivity index is 1.27. The molecule has 0 unspecified atom stereocenters. The van der Waals surface area contributed by atoms with Gasteiger partial charge in [0.1, 0.15) is 0 Å². The summed E-state index contributed by atoms with van der Waals surface area (Å²) in [4.78, 5) is 16.8. The SMILES string of the molecule is O=C(CCCc1ccccc1)NCCN1CCN(c2ccc(Cl)cc2)CC1. The fraction of sp³-hybridized carbons (Fsp3) is 0.409. The fourth-order valence-electron chi connectivity index (χ4n) is 3.42. The van der Waals surface area contributed by atoms with Crippen LogP contribution in [0.15, 0.2) is 54.6 Å². The Bertz CT molecular complexity index is 697. The second kappa shape index (κ2) is 10.3. The van der Waals surface area contributed by atoms with E-state index in [9.17, 15) is 4.79 Å². The van der Waals surface area contributed by atoms with E-state index in [4.69, 9.17) is 11.6 Å². The molecule has 1 aliphatic heterocycles. The van der Waals surface area contributed by atoms with Crippen molar-refractivity contribution in [1.29, 1.82) is 0 Å². The Hall–Kier alpha value is -2.04. The number of piperazine rings is 1. The van der Waals surface area contributed by atoms with E-state index in [0.717, 1.165) is 57.1 Å². The van der Waals surface area contributed by atoms with Crippen molar-refractivity contribution in [2.24, 2.45) is 0 Å². The van der Waals surface area contributed by atoms with Crippen LogP contribution in [-0.2, 0) is 11.2 Å². The van der Waals surface area contributed by atoms with Crippen LogP contribution >= 0.6 is 11.6 Å². The summed E-state index contributed by atoms with van der Waals surface area (Å²) in [5.74, 6) is 0.158. The van der Waals surface area contributed by atoms with Gasteiger partial charge in [-0.05, 0) is 42.7 Å². The number of hydrogen-bond donors (Lipinski definition) is 1. The standard InChI is InChI=1S/C22H28ClN3O/c23-20-9-11-21(12-10-20)26-17-15-25(16-18-26)14-13-24-22(27)8-4-7-19-5-2-1-3-6-19/h1-3,5-6,9-12H,4,7-8,13-18H2,(H,24,27). The lowest BCUT2D eigenvalue weighted by Gasteiger charge is -2.36. The molecule has 5 heteroatoms. The highest BCUT2D eigenvalue weighted by molar-refractivity contribution is 6.30. The number of aryl methyl sites for hydroxylation is 1. The van der Waals surface area contributed by atoms with Crippen LogP contribution in [0.5, 0.6) is 0 Å². The molecule has 1 N–H and O–H groups in total. The molecule has 0 aromatic heterocycles. The molecule has 2 aromatic rings. The molecular formula is C22H28ClN3O. The summed E-state index contributed by atoms with van der Waals surface area (Å²) < 4.78 is 0. The van der Waals surface area contributed by atoms with Gasteiger partial charge < -0.3 is 10.2 Å². The Labute approximate surface area is 167 Å². The topological polar surface area (TPSA) is 35.6 Å². The third-order valence-corrected chi connectivity index (χ3v) is 5.28. The van der Waals surface area contributed by atoms with Crippen molar-refractivity contribution in [3.63, 3.8) is 0 Å². The van der Waals surface area contributed by atoms with Crippen LogP contribution in [0.2, 0.25) is 5.02 Å². The van der Waals surface area contributed by atoms with Gasteiger partial charge in [0, 0.05) is 56.4 Å². The van der Waals surface area contributed by atoms with Gasteiger partial charge in [0.25, 0.3) is 0 Å². The number of rotatable bonds is 8. The van der Waals surface area contributed by atoms with Crippen molar-refractivity contribution < 1.29 is 4.79 Å². The van der Waals surface area contributed by atoms with Crippen molar-refractivity contribution >= 4 is 23.2 Å². The molecule has 3 rings (SSSR count). The van der Waals surface area contributed by atoms with E-state index < -0.39 is 0 Å². The van der Waals surface area contributed by atoms with Gasteiger partial charge in [-0.3, -0.25) is 9.69 Å². The molecule has 0 bridgehead atoms. The average molecular weight is 386 g/mol. The molecule has 0 aliphatic carbocycles. The summed E-state index contributed by atoms with van der Waals surface area (Å²) in [6.07, 6.45) is 2.45. The van der Waals surface area contributed by atoms with Crippen molar-refractivity contribution in [2.45, 2.75) is 19.3 Å². The fourth-order valence-corrected chi connectivity index (χ4v) is 3.55. The largest absolute Gasteiger partial charge is 0.369 e. The highest BCUT2D eigenvalue weighted by Crippen LogP contribution is 2.19. The van der Waals surface area contributed by atoms with Crippen LogP contribution in [0, 0.1) is 0 Å². The summed E-state index contributed by atoms with van der Waals surface area (Å²) in [5, 5.41) is 3.83. The maximum atomic E-state index is 12.0.